The Morgan fingerprint density at radius 3 is 2.47 bits per heavy atom. The van der Waals surface area contributed by atoms with E-state index in [9.17, 15) is 4.79 Å². The minimum Gasteiger partial charge on any atom is -0.298 e. The largest absolute Gasteiger partial charge is 0.298 e. The number of rotatable bonds is 2. The highest BCUT2D eigenvalue weighted by Gasteiger charge is 2.12. The highest BCUT2D eigenvalue weighted by molar-refractivity contribution is 6.49. The van der Waals surface area contributed by atoms with Crippen molar-refractivity contribution < 1.29 is 4.79 Å². The van der Waals surface area contributed by atoms with Crippen LogP contribution in [0.5, 0.6) is 0 Å². The molecule has 0 saturated carbocycles. The lowest BCUT2D eigenvalue weighted by molar-refractivity contribution is 0.112. The molecule has 0 N–H and O–H groups in total. The number of halogens is 3. The minimum absolute atomic E-state index is 0.277. The minimum atomic E-state index is 0.277. The Hall–Kier alpha value is -1.09. The second-order valence-corrected chi connectivity index (χ2v) is 4.47. The Kier molecular flexibility index (Phi) is 3.67. The lowest BCUT2D eigenvalue weighted by Gasteiger charge is -2.08. The summed E-state index contributed by atoms with van der Waals surface area (Å²) in [6.07, 6.45) is 3.78. The molecular weight excluding hydrogens is 280 g/mol. The maximum absolute atomic E-state index is 10.9. The fourth-order valence-electron chi connectivity index (χ4n) is 1.48. The van der Waals surface area contributed by atoms with Gasteiger partial charge in [-0.1, -0.05) is 40.9 Å². The molecule has 1 aromatic carbocycles. The van der Waals surface area contributed by atoms with Gasteiger partial charge in [-0.2, -0.15) is 0 Å². The van der Waals surface area contributed by atoms with Crippen molar-refractivity contribution in [3.63, 3.8) is 0 Å². The molecule has 0 aliphatic carbocycles. The molecule has 0 radical (unpaired) electrons. The van der Waals surface area contributed by atoms with Crippen LogP contribution in [0.15, 0.2) is 30.6 Å². The number of aldehydes is 1. The topological polar surface area (TPSA) is 30.0 Å². The molecule has 0 amide bonds. The monoisotopic (exact) mass is 285 g/mol. The molecule has 0 aliphatic rings. The molecule has 0 fully saturated rings. The summed E-state index contributed by atoms with van der Waals surface area (Å²) in [5, 5.41) is 0.982. The standard InChI is InChI=1S/C12H6Cl3NO/c13-10-2-1-9(11(14)12(10)15)8-3-4-16-5-7(8)6-17/h1-6H. The molecule has 0 saturated heterocycles. The van der Waals surface area contributed by atoms with E-state index < -0.39 is 0 Å². The molecule has 0 aliphatic heterocycles. The van der Waals surface area contributed by atoms with E-state index in [-0.39, 0.29) is 5.02 Å². The summed E-state index contributed by atoms with van der Waals surface area (Å²) < 4.78 is 0. The molecule has 17 heavy (non-hydrogen) atoms. The summed E-state index contributed by atoms with van der Waals surface area (Å²) >= 11 is 17.9. The summed E-state index contributed by atoms with van der Waals surface area (Å²) in [5.41, 5.74) is 1.79. The van der Waals surface area contributed by atoms with Gasteiger partial charge in [0.05, 0.1) is 15.1 Å². The molecular formula is C12H6Cl3NO. The Bertz CT molecular complexity index is 584. The maximum Gasteiger partial charge on any atom is 0.152 e. The van der Waals surface area contributed by atoms with Crippen LogP contribution in [0.4, 0.5) is 0 Å². The van der Waals surface area contributed by atoms with Crippen LogP contribution in [0.1, 0.15) is 10.4 Å². The van der Waals surface area contributed by atoms with E-state index in [1.54, 1.807) is 24.4 Å². The highest BCUT2D eigenvalue weighted by atomic mass is 35.5. The van der Waals surface area contributed by atoms with Gasteiger partial charge in [-0.25, -0.2) is 0 Å². The van der Waals surface area contributed by atoms with Gasteiger partial charge in [0.2, 0.25) is 0 Å². The van der Waals surface area contributed by atoms with Crippen LogP contribution in [-0.2, 0) is 0 Å². The average molecular weight is 287 g/mol. The Morgan fingerprint density at radius 2 is 1.76 bits per heavy atom. The number of hydrogen-bond acceptors (Lipinski definition) is 2. The van der Waals surface area contributed by atoms with E-state index in [4.69, 9.17) is 34.8 Å². The van der Waals surface area contributed by atoms with Crippen LogP contribution in [0, 0.1) is 0 Å². The summed E-state index contributed by atoms with van der Waals surface area (Å²) in [4.78, 5) is 14.8. The Labute approximate surface area is 113 Å². The third kappa shape index (κ3) is 2.29. The molecule has 0 atom stereocenters. The van der Waals surface area contributed by atoms with Gasteiger partial charge in [-0.3, -0.25) is 9.78 Å². The predicted octanol–water partition coefficient (Wildman–Crippen LogP) is 4.52. The lowest BCUT2D eigenvalue weighted by Crippen LogP contribution is -1.90. The smallest absolute Gasteiger partial charge is 0.152 e. The molecule has 86 valence electrons. The normalized spacial score (nSPS) is 10.3. The molecule has 0 spiro atoms. The fraction of sp³-hybridized carbons (Fsp3) is 0. The van der Waals surface area contributed by atoms with Crippen molar-refractivity contribution in [2.75, 3.05) is 0 Å². The van der Waals surface area contributed by atoms with Gasteiger partial charge in [0.25, 0.3) is 0 Å². The quantitative estimate of drug-likeness (QED) is 0.600. The molecule has 1 heterocycles. The van der Waals surface area contributed by atoms with Gasteiger partial charge in [0.1, 0.15) is 0 Å². The predicted molar refractivity (Wildman–Crippen MR) is 70.1 cm³/mol. The van der Waals surface area contributed by atoms with Crippen molar-refractivity contribution >= 4 is 41.1 Å². The van der Waals surface area contributed by atoms with Crippen molar-refractivity contribution in [2.24, 2.45) is 0 Å². The summed E-state index contributed by atoms with van der Waals surface area (Å²) in [7, 11) is 0. The van der Waals surface area contributed by atoms with Gasteiger partial charge in [-0.15, -0.1) is 0 Å². The number of carbonyl (C=O) groups is 1. The zero-order valence-corrected chi connectivity index (χ0v) is 10.7. The van der Waals surface area contributed by atoms with Crippen LogP contribution in [-0.4, -0.2) is 11.3 Å². The Balaban J connectivity index is 2.69. The van der Waals surface area contributed by atoms with Gasteiger partial charge in [0, 0.05) is 23.5 Å². The van der Waals surface area contributed by atoms with E-state index in [0.29, 0.717) is 26.7 Å². The number of aromatic nitrogens is 1. The van der Waals surface area contributed by atoms with E-state index in [1.807, 2.05) is 0 Å². The lowest BCUT2D eigenvalue weighted by atomic mass is 10.0. The molecule has 0 unspecified atom stereocenters. The first-order valence-corrected chi connectivity index (χ1v) is 5.81. The van der Waals surface area contributed by atoms with Crippen molar-refractivity contribution in [1.82, 2.24) is 4.98 Å². The summed E-state index contributed by atoms with van der Waals surface area (Å²) in [5.74, 6) is 0. The first-order chi connectivity index (χ1) is 8.15. The molecule has 2 nitrogen and oxygen atoms in total. The van der Waals surface area contributed by atoms with Crippen LogP contribution >= 0.6 is 34.8 Å². The second-order valence-electron chi connectivity index (χ2n) is 3.30. The molecule has 5 heteroatoms. The molecule has 2 rings (SSSR count). The van der Waals surface area contributed by atoms with Crippen molar-refractivity contribution in [3.8, 4) is 11.1 Å². The first-order valence-electron chi connectivity index (χ1n) is 4.68. The van der Waals surface area contributed by atoms with E-state index in [0.717, 1.165) is 6.29 Å². The zero-order chi connectivity index (χ0) is 12.4. The van der Waals surface area contributed by atoms with Crippen molar-refractivity contribution in [1.29, 1.82) is 0 Å². The molecule has 0 bridgehead atoms. The fourth-order valence-corrected chi connectivity index (χ4v) is 2.12. The summed E-state index contributed by atoms with van der Waals surface area (Å²) in [6, 6.07) is 5.06. The number of carbonyl (C=O) groups excluding carboxylic acids is 1. The SMILES string of the molecule is O=Cc1cnccc1-c1ccc(Cl)c(Cl)c1Cl. The van der Waals surface area contributed by atoms with Gasteiger partial charge < -0.3 is 0 Å². The number of nitrogens with zero attached hydrogens (tertiary/aromatic N) is 1. The van der Waals surface area contributed by atoms with Crippen LogP contribution in [0.25, 0.3) is 11.1 Å². The van der Waals surface area contributed by atoms with Crippen molar-refractivity contribution in [3.05, 3.63) is 51.2 Å². The Morgan fingerprint density at radius 1 is 1.00 bits per heavy atom. The van der Waals surface area contributed by atoms with Crippen LogP contribution in [0.3, 0.4) is 0 Å². The second kappa shape index (κ2) is 5.05. The van der Waals surface area contributed by atoms with Crippen LogP contribution < -0.4 is 0 Å². The molecule has 1 aromatic heterocycles. The van der Waals surface area contributed by atoms with E-state index >= 15 is 0 Å². The highest BCUT2D eigenvalue weighted by Crippen LogP contribution is 2.38. The van der Waals surface area contributed by atoms with Crippen molar-refractivity contribution in [2.45, 2.75) is 0 Å². The number of benzene rings is 1. The first kappa shape index (κ1) is 12.4. The number of hydrogen-bond donors (Lipinski definition) is 0. The average Bonchev–Trinajstić information content (AvgIpc) is 2.36. The maximum atomic E-state index is 10.9. The number of pyridine rings is 1. The van der Waals surface area contributed by atoms with E-state index in [1.165, 1.54) is 6.20 Å². The third-order valence-electron chi connectivity index (χ3n) is 2.30. The van der Waals surface area contributed by atoms with Gasteiger partial charge >= 0.3 is 0 Å². The molecule has 2 aromatic rings. The summed E-state index contributed by atoms with van der Waals surface area (Å²) in [6.45, 7) is 0. The van der Waals surface area contributed by atoms with E-state index in [2.05, 4.69) is 4.98 Å². The zero-order valence-electron chi connectivity index (χ0n) is 8.45. The van der Waals surface area contributed by atoms with Gasteiger partial charge in [-0.05, 0) is 17.7 Å². The van der Waals surface area contributed by atoms with Crippen LogP contribution in [0.2, 0.25) is 15.1 Å². The third-order valence-corrected chi connectivity index (χ3v) is 3.60. The van der Waals surface area contributed by atoms with Gasteiger partial charge in [0.15, 0.2) is 6.29 Å².